The molecule has 1 unspecified atom stereocenters. The minimum absolute atomic E-state index is 0.101. The Balaban J connectivity index is 3.09. The summed E-state index contributed by atoms with van der Waals surface area (Å²) in [4.78, 5) is 2.34. The maximum atomic E-state index is 7.42. The van der Waals surface area contributed by atoms with Gasteiger partial charge < -0.3 is 10.6 Å². The molecular formula is C13H20BrN3. The second-order valence-corrected chi connectivity index (χ2v) is 4.98. The van der Waals surface area contributed by atoms with Crippen molar-refractivity contribution in [3.63, 3.8) is 0 Å². The number of nitrogen functional groups attached to an aromatic ring is 1. The quantitative estimate of drug-likeness (QED) is 0.647. The number of hydrogen-bond donors (Lipinski definition) is 2. The van der Waals surface area contributed by atoms with Gasteiger partial charge in [-0.1, -0.05) is 6.92 Å². The highest BCUT2D eigenvalue weighted by Gasteiger charge is 2.14. The Bertz CT molecular complexity index is 404. The van der Waals surface area contributed by atoms with Gasteiger partial charge in [0.1, 0.15) is 5.84 Å². The Kier molecular flexibility index (Phi) is 5.00. The number of anilines is 1. The standard InChI is InChI=1S/C13H20BrN3/c1-4-9(3)17(5-2)12-7-6-10(13(15)16)8-11(12)14/h6-9H,4-5H2,1-3H3,(H3,15,16). The summed E-state index contributed by atoms with van der Waals surface area (Å²) in [5.41, 5.74) is 7.39. The Morgan fingerprint density at radius 3 is 2.53 bits per heavy atom. The van der Waals surface area contributed by atoms with Crippen LogP contribution in [0.4, 0.5) is 5.69 Å². The van der Waals surface area contributed by atoms with Gasteiger partial charge in [-0.2, -0.15) is 0 Å². The summed E-state index contributed by atoms with van der Waals surface area (Å²) in [5, 5.41) is 7.42. The molecule has 1 aromatic rings. The second-order valence-electron chi connectivity index (χ2n) is 4.12. The Morgan fingerprint density at radius 1 is 1.47 bits per heavy atom. The fraction of sp³-hybridized carbons (Fsp3) is 0.462. The average molecular weight is 298 g/mol. The zero-order valence-electron chi connectivity index (χ0n) is 10.6. The highest BCUT2D eigenvalue weighted by Crippen LogP contribution is 2.29. The molecule has 4 heteroatoms. The van der Waals surface area contributed by atoms with E-state index in [1.165, 1.54) is 0 Å². The molecule has 0 saturated heterocycles. The lowest BCUT2D eigenvalue weighted by molar-refractivity contribution is 0.629. The van der Waals surface area contributed by atoms with Gasteiger partial charge in [0.2, 0.25) is 0 Å². The van der Waals surface area contributed by atoms with E-state index in [1.54, 1.807) is 0 Å². The number of amidine groups is 1. The molecule has 0 spiro atoms. The smallest absolute Gasteiger partial charge is 0.122 e. The Labute approximate surface area is 112 Å². The van der Waals surface area contributed by atoms with Crippen LogP contribution in [0.3, 0.4) is 0 Å². The van der Waals surface area contributed by atoms with Crippen LogP contribution in [0.25, 0.3) is 0 Å². The minimum atomic E-state index is 0.101. The molecule has 0 radical (unpaired) electrons. The molecule has 0 bridgehead atoms. The van der Waals surface area contributed by atoms with Gasteiger partial charge in [0.15, 0.2) is 0 Å². The van der Waals surface area contributed by atoms with Gasteiger partial charge in [0, 0.05) is 22.6 Å². The summed E-state index contributed by atoms with van der Waals surface area (Å²) in [7, 11) is 0. The normalized spacial score (nSPS) is 12.2. The van der Waals surface area contributed by atoms with Gasteiger partial charge in [-0.3, -0.25) is 5.41 Å². The fourth-order valence-electron chi connectivity index (χ4n) is 1.85. The molecule has 0 amide bonds. The molecule has 0 aliphatic rings. The summed E-state index contributed by atoms with van der Waals surface area (Å²) in [6, 6.07) is 6.33. The van der Waals surface area contributed by atoms with Gasteiger partial charge in [-0.05, 0) is 54.4 Å². The van der Waals surface area contributed by atoms with Gasteiger partial charge in [-0.15, -0.1) is 0 Å². The summed E-state index contributed by atoms with van der Waals surface area (Å²) in [6.07, 6.45) is 1.11. The van der Waals surface area contributed by atoms with E-state index in [1.807, 2.05) is 18.2 Å². The molecule has 0 fully saturated rings. The summed E-state index contributed by atoms with van der Waals surface area (Å²) >= 11 is 3.56. The third-order valence-corrected chi connectivity index (χ3v) is 3.67. The van der Waals surface area contributed by atoms with Crippen LogP contribution in [-0.4, -0.2) is 18.4 Å². The van der Waals surface area contributed by atoms with Crippen molar-refractivity contribution in [1.29, 1.82) is 5.41 Å². The molecule has 0 heterocycles. The molecule has 0 saturated carbocycles. The molecule has 0 aliphatic heterocycles. The molecular weight excluding hydrogens is 278 g/mol. The predicted octanol–water partition coefficient (Wildman–Crippen LogP) is 3.36. The first-order valence-electron chi connectivity index (χ1n) is 5.91. The van der Waals surface area contributed by atoms with Gasteiger partial charge in [-0.25, -0.2) is 0 Å². The second kappa shape index (κ2) is 6.05. The maximum Gasteiger partial charge on any atom is 0.122 e. The lowest BCUT2D eigenvalue weighted by atomic mass is 10.1. The van der Waals surface area contributed by atoms with Crippen LogP contribution in [0.15, 0.2) is 22.7 Å². The zero-order chi connectivity index (χ0) is 13.0. The maximum absolute atomic E-state index is 7.42. The van der Waals surface area contributed by atoms with Crippen LogP contribution in [0.2, 0.25) is 0 Å². The molecule has 3 N–H and O–H groups in total. The van der Waals surface area contributed by atoms with Crippen LogP contribution in [-0.2, 0) is 0 Å². The zero-order valence-corrected chi connectivity index (χ0v) is 12.2. The van der Waals surface area contributed by atoms with E-state index < -0.39 is 0 Å². The van der Waals surface area contributed by atoms with Gasteiger partial charge in [0.25, 0.3) is 0 Å². The monoisotopic (exact) mass is 297 g/mol. The first-order valence-corrected chi connectivity index (χ1v) is 6.71. The molecule has 94 valence electrons. The average Bonchev–Trinajstić information content (AvgIpc) is 2.31. The van der Waals surface area contributed by atoms with Crippen LogP contribution in [0.1, 0.15) is 32.8 Å². The minimum Gasteiger partial charge on any atom is -0.384 e. The Hall–Kier alpha value is -1.03. The number of benzene rings is 1. The largest absolute Gasteiger partial charge is 0.384 e. The van der Waals surface area contributed by atoms with E-state index in [4.69, 9.17) is 11.1 Å². The van der Waals surface area contributed by atoms with Crippen molar-refractivity contribution in [2.24, 2.45) is 5.73 Å². The van der Waals surface area contributed by atoms with E-state index in [9.17, 15) is 0 Å². The summed E-state index contributed by atoms with van der Waals surface area (Å²) in [5.74, 6) is 0.101. The van der Waals surface area contributed by atoms with Crippen LogP contribution >= 0.6 is 15.9 Å². The van der Waals surface area contributed by atoms with E-state index in [2.05, 4.69) is 41.6 Å². The van der Waals surface area contributed by atoms with E-state index in [0.717, 1.165) is 28.7 Å². The Morgan fingerprint density at radius 2 is 2.12 bits per heavy atom. The summed E-state index contributed by atoms with van der Waals surface area (Å²) in [6.45, 7) is 7.52. The van der Waals surface area contributed by atoms with E-state index in [-0.39, 0.29) is 5.84 Å². The molecule has 1 atom stereocenters. The highest BCUT2D eigenvalue weighted by molar-refractivity contribution is 9.10. The molecule has 1 aromatic carbocycles. The van der Waals surface area contributed by atoms with Crippen LogP contribution in [0, 0.1) is 5.41 Å². The van der Waals surface area contributed by atoms with Crippen molar-refractivity contribution in [2.45, 2.75) is 33.2 Å². The molecule has 3 nitrogen and oxygen atoms in total. The molecule has 0 aliphatic carbocycles. The van der Waals surface area contributed by atoms with Crippen molar-refractivity contribution in [3.8, 4) is 0 Å². The van der Waals surface area contributed by atoms with E-state index in [0.29, 0.717) is 6.04 Å². The van der Waals surface area contributed by atoms with Gasteiger partial charge in [0.05, 0.1) is 5.69 Å². The predicted molar refractivity (Wildman–Crippen MR) is 77.9 cm³/mol. The third kappa shape index (κ3) is 3.22. The van der Waals surface area contributed by atoms with Crippen molar-refractivity contribution in [1.82, 2.24) is 0 Å². The lowest BCUT2D eigenvalue weighted by Gasteiger charge is -2.30. The third-order valence-electron chi connectivity index (χ3n) is 3.03. The molecule has 0 aromatic heterocycles. The number of hydrogen-bond acceptors (Lipinski definition) is 2. The lowest BCUT2D eigenvalue weighted by Crippen LogP contribution is -2.32. The number of halogens is 1. The number of nitrogens with one attached hydrogen (secondary N) is 1. The van der Waals surface area contributed by atoms with Crippen LogP contribution in [0.5, 0.6) is 0 Å². The van der Waals surface area contributed by atoms with Crippen LogP contribution < -0.4 is 10.6 Å². The molecule has 17 heavy (non-hydrogen) atoms. The first-order chi connectivity index (χ1) is 8.01. The van der Waals surface area contributed by atoms with E-state index >= 15 is 0 Å². The van der Waals surface area contributed by atoms with Crippen molar-refractivity contribution in [2.75, 3.05) is 11.4 Å². The van der Waals surface area contributed by atoms with Gasteiger partial charge >= 0.3 is 0 Å². The SMILES string of the molecule is CCC(C)N(CC)c1ccc(C(=N)N)cc1Br. The molecule has 1 rings (SSSR count). The highest BCUT2D eigenvalue weighted by atomic mass is 79.9. The van der Waals surface area contributed by atoms with Crippen molar-refractivity contribution < 1.29 is 0 Å². The topological polar surface area (TPSA) is 53.1 Å². The van der Waals surface area contributed by atoms with Crippen molar-refractivity contribution >= 4 is 27.5 Å². The summed E-state index contributed by atoms with van der Waals surface area (Å²) < 4.78 is 0.993. The number of rotatable bonds is 5. The fourth-order valence-corrected chi connectivity index (χ4v) is 2.45. The first kappa shape index (κ1) is 14.0. The number of nitrogens with two attached hydrogens (primary N) is 1. The number of nitrogens with zero attached hydrogens (tertiary/aromatic N) is 1. The van der Waals surface area contributed by atoms with Crippen molar-refractivity contribution in [3.05, 3.63) is 28.2 Å².